The van der Waals surface area contributed by atoms with Crippen molar-refractivity contribution in [3.63, 3.8) is 0 Å². The van der Waals surface area contributed by atoms with E-state index < -0.39 is 0 Å². The molecule has 3 aromatic rings. The molecule has 0 radical (unpaired) electrons. The summed E-state index contributed by atoms with van der Waals surface area (Å²) in [5.41, 5.74) is 1.34. The highest BCUT2D eigenvalue weighted by Gasteiger charge is 2.12. The number of rotatable bonds is 3. The molecular weight excluding hydrogens is 309 g/mol. The van der Waals surface area contributed by atoms with Crippen molar-refractivity contribution in [3.8, 4) is 5.69 Å². The Kier molecular flexibility index (Phi) is 3.82. The van der Waals surface area contributed by atoms with Crippen molar-refractivity contribution in [1.29, 1.82) is 0 Å². The van der Waals surface area contributed by atoms with Crippen molar-refractivity contribution in [2.45, 2.75) is 6.42 Å². The lowest BCUT2D eigenvalue weighted by molar-refractivity contribution is 0.893. The summed E-state index contributed by atoms with van der Waals surface area (Å²) in [6.07, 6.45) is 0.531. The van der Waals surface area contributed by atoms with Gasteiger partial charge in [0.2, 0.25) is 0 Å². The smallest absolute Gasteiger partial charge is 0.247 e. The second-order valence-electron chi connectivity index (χ2n) is 4.57. The largest absolute Gasteiger partial charge is 0.347 e. The third-order valence-corrected chi connectivity index (χ3v) is 3.49. The predicted octanol–water partition coefficient (Wildman–Crippen LogP) is 3.46. The van der Waals surface area contributed by atoms with Crippen molar-refractivity contribution < 1.29 is 0 Å². The lowest BCUT2D eigenvalue weighted by Gasteiger charge is -2.07. The number of aromatic nitrogens is 3. The number of hydrogen-bond donors (Lipinski definition) is 1. The topological polar surface area (TPSA) is 50.7 Å². The van der Waals surface area contributed by atoms with E-state index in [4.69, 9.17) is 23.2 Å². The predicted molar refractivity (Wildman–Crippen MR) is 83.5 cm³/mol. The third kappa shape index (κ3) is 3.01. The number of nitrogens with one attached hydrogen (secondary N) is 1. The maximum absolute atomic E-state index is 12.0. The molecule has 6 heteroatoms. The van der Waals surface area contributed by atoms with E-state index in [9.17, 15) is 4.79 Å². The molecule has 0 amide bonds. The van der Waals surface area contributed by atoms with Crippen LogP contribution in [0.2, 0.25) is 10.0 Å². The van der Waals surface area contributed by atoms with Gasteiger partial charge < -0.3 is 0 Å². The van der Waals surface area contributed by atoms with E-state index >= 15 is 0 Å². The summed E-state index contributed by atoms with van der Waals surface area (Å²) in [6.45, 7) is 0. The van der Waals surface area contributed by atoms with Crippen LogP contribution in [-0.4, -0.2) is 14.8 Å². The fourth-order valence-corrected chi connectivity index (χ4v) is 2.68. The van der Waals surface area contributed by atoms with E-state index in [1.807, 2.05) is 30.3 Å². The van der Waals surface area contributed by atoms with Crippen LogP contribution in [0.3, 0.4) is 0 Å². The molecule has 0 aliphatic carbocycles. The van der Waals surface area contributed by atoms with Gasteiger partial charge >= 0.3 is 5.69 Å². The van der Waals surface area contributed by atoms with Gasteiger partial charge in [-0.25, -0.2) is 14.5 Å². The lowest BCUT2D eigenvalue weighted by atomic mass is 10.1. The fraction of sp³-hybridized carbons (Fsp3) is 0.0667. The van der Waals surface area contributed by atoms with Gasteiger partial charge in [-0.05, 0) is 23.8 Å². The zero-order valence-corrected chi connectivity index (χ0v) is 12.4. The van der Waals surface area contributed by atoms with Crippen LogP contribution in [0.1, 0.15) is 11.4 Å². The number of benzene rings is 2. The molecular formula is C15H11Cl2N3O. The van der Waals surface area contributed by atoms with E-state index in [-0.39, 0.29) is 5.69 Å². The fourth-order valence-electron chi connectivity index (χ4n) is 2.16. The van der Waals surface area contributed by atoms with Crippen LogP contribution < -0.4 is 5.69 Å². The van der Waals surface area contributed by atoms with E-state index in [1.54, 1.807) is 18.2 Å². The van der Waals surface area contributed by atoms with Gasteiger partial charge in [0, 0.05) is 16.5 Å². The molecule has 0 unspecified atom stereocenters. The first-order chi connectivity index (χ1) is 10.1. The SMILES string of the molecule is O=c1[nH]nc(Cc2ccccc2)n1-c1cc(Cl)cc(Cl)c1. The lowest BCUT2D eigenvalue weighted by Crippen LogP contribution is -2.17. The van der Waals surface area contributed by atoms with Crippen molar-refractivity contribution in [3.05, 3.63) is 80.4 Å². The van der Waals surface area contributed by atoms with Gasteiger partial charge in [0.05, 0.1) is 5.69 Å². The van der Waals surface area contributed by atoms with Crippen molar-refractivity contribution in [1.82, 2.24) is 14.8 Å². The molecule has 1 N–H and O–H groups in total. The summed E-state index contributed by atoms with van der Waals surface area (Å²) >= 11 is 12.0. The quantitative estimate of drug-likeness (QED) is 0.803. The van der Waals surface area contributed by atoms with Crippen molar-refractivity contribution in [2.24, 2.45) is 0 Å². The Morgan fingerprint density at radius 3 is 2.38 bits per heavy atom. The van der Waals surface area contributed by atoms with Crippen LogP contribution in [-0.2, 0) is 6.42 Å². The summed E-state index contributed by atoms with van der Waals surface area (Å²) in [6, 6.07) is 14.8. The molecule has 0 aliphatic rings. The number of nitrogens with zero attached hydrogens (tertiary/aromatic N) is 2. The Labute approximate surface area is 131 Å². The van der Waals surface area contributed by atoms with Gasteiger partial charge in [0.25, 0.3) is 0 Å². The van der Waals surface area contributed by atoms with E-state index in [1.165, 1.54) is 4.57 Å². The zero-order valence-electron chi connectivity index (χ0n) is 10.9. The molecule has 1 heterocycles. The minimum absolute atomic E-state index is 0.320. The summed E-state index contributed by atoms with van der Waals surface area (Å²) in [5, 5.41) is 7.49. The Morgan fingerprint density at radius 2 is 1.71 bits per heavy atom. The second kappa shape index (κ2) is 5.76. The summed E-state index contributed by atoms with van der Waals surface area (Å²) in [5.74, 6) is 0.601. The Bertz CT molecular complexity index is 804. The van der Waals surface area contributed by atoms with Crippen LogP contribution in [0.5, 0.6) is 0 Å². The maximum Gasteiger partial charge on any atom is 0.347 e. The van der Waals surface area contributed by atoms with E-state index in [0.717, 1.165) is 5.56 Å². The van der Waals surface area contributed by atoms with Crippen LogP contribution >= 0.6 is 23.2 Å². The standard InChI is InChI=1S/C15H11Cl2N3O/c16-11-7-12(17)9-13(8-11)20-14(18-19-15(20)21)6-10-4-2-1-3-5-10/h1-5,7-9H,6H2,(H,19,21). The molecule has 106 valence electrons. The average Bonchev–Trinajstić information content (AvgIpc) is 2.80. The third-order valence-electron chi connectivity index (χ3n) is 3.05. The molecule has 0 bridgehead atoms. The Hall–Kier alpha value is -2.04. The Morgan fingerprint density at radius 1 is 1.05 bits per heavy atom. The number of hydrogen-bond acceptors (Lipinski definition) is 2. The molecule has 3 rings (SSSR count). The molecule has 0 atom stereocenters. The molecule has 4 nitrogen and oxygen atoms in total. The maximum atomic E-state index is 12.0. The van der Waals surface area contributed by atoms with Crippen LogP contribution in [0.15, 0.2) is 53.3 Å². The Balaban J connectivity index is 2.07. The second-order valence-corrected chi connectivity index (χ2v) is 5.44. The number of H-pyrrole nitrogens is 1. The van der Waals surface area contributed by atoms with Gasteiger partial charge in [-0.1, -0.05) is 53.5 Å². The van der Waals surface area contributed by atoms with Crippen molar-refractivity contribution in [2.75, 3.05) is 0 Å². The first-order valence-electron chi connectivity index (χ1n) is 6.30. The van der Waals surface area contributed by atoms with Crippen molar-refractivity contribution >= 4 is 23.2 Å². The molecule has 0 fully saturated rings. The number of halogens is 2. The van der Waals surface area contributed by atoms with Crippen LogP contribution in [0.4, 0.5) is 0 Å². The van der Waals surface area contributed by atoms with E-state index in [0.29, 0.717) is 28.0 Å². The van der Waals surface area contributed by atoms with Gasteiger partial charge in [0.15, 0.2) is 0 Å². The molecule has 0 saturated carbocycles. The van der Waals surface area contributed by atoms with Gasteiger partial charge in [-0.2, -0.15) is 5.10 Å². The van der Waals surface area contributed by atoms with Crippen LogP contribution in [0, 0.1) is 0 Å². The summed E-state index contributed by atoms with van der Waals surface area (Å²) in [4.78, 5) is 12.0. The molecule has 0 aliphatic heterocycles. The average molecular weight is 320 g/mol. The zero-order chi connectivity index (χ0) is 14.8. The molecule has 0 spiro atoms. The molecule has 0 saturated heterocycles. The molecule has 2 aromatic carbocycles. The van der Waals surface area contributed by atoms with Gasteiger partial charge in [0.1, 0.15) is 5.82 Å². The summed E-state index contributed by atoms with van der Waals surface area (Å²) < 4.78 is 1.48. The molecule has 21 heavy (non-hydrogen) atoms. The summed E-state index contributed by atoms with van der Waals surface area (Å²) in [7, 11) is 0. The minimum Gasteiger partial charge on any atom is -0.247 e. The highest BCUT2D eigenvalue weighted by atomic mass is 35.5. The van der Waals surface area contributed by atoms with Gasteiger partial charge in [-0.15, -0.1) is 0 Å². The first kappa shape index (κ1) is 13.9. The van der Waals surface area contributed by atoms with Crippen LogP contribution in [0.25, 0.3) is 5.69 Å². The highest BCUT2D eigenvalue weighted by molar-refractivity contribution is 6.34. The minimum atomic E-state index is -0.320. The first-order valence-corrected chi connectivity index (χ1v) is 7.06. The van der Waals surface area contributed by atoms with Gasteiger partial charge in [-0.3, -0.25) is 0 Å². The monoisotopic (exact) mass is 319 g/mol. The molecule has 1 aromatic heterocycles. The highest BCUT2D eigenvalue weighted by Crippen LogP contribution is 2.22. The van der Waals surface area contributed by atoms with E-state index in [2.05, 4.69) is 10.2 Å². The normalized spacial score (nSPS) is 10.8. The number of aromatic amines is 1.